The zero-order chi connectivity index (χ0) is 18.7. The highest BCUT2D eigenvalue weighted by atomic mass is 16.5. The molecular formula is C19H33NO5. The largest absolute Gasteiger partial charge is 0.493 e. The van der Waals surface area contributed by atoms with Crippen molar-refractivity contribution in [2.45, 2.75) is 26.5 Å². The van der Waals surface area contributed by atoms with E-state index in [1.54, 1.807) is 21.3 Å². The van der Waals surface area contributed by atoms with Crippen molar-refractivity contribution >= 4 is 0 Å². The highest BCUT2D eigenvalue weighted by Crippen LogP contribution is 2.28. The highest BCUT2D eigenvalue weighted by Gasteiger charge is 2.14. The minimum absolute atomic E-state index is 0.341. The van der Waals surface area contributed by atoms with Crippen molar-refractivity contribution in [2.24, 2.45) is 5.92 Å². The van der Waals surface area contributed by atoms with E-state index in [0.29, 0.717) is 50.3 Å². The third-order valence-corrected chi connectivity index (χ3v) is 3.70. The number of aliphatic hydroxyl groups excluding tert-OH is 1. The maximum atomic E-state index is 10.2. The summed E-state index contributed by atoms with van der Waals surface area (Å²) in [6.07, 6.45) is -0.532. The Bertz CT molecular complexity index is 481. The van der Waals surface area contributed by atoms with Crippen molar-refractivity contribution in [2.75, 3.05) is 54.2 Å². The molecule has 1 N–H and O–H groups in total. The van der Waals surface area contributed by atoms with Crippen LogP contribution in [0.5, 0.6) is 11.5 Å². The van der Waals surface area contributed by atoms with Crippen LogP contribution < -0.4 is 9.47 Å². The lowest BCUT2D eigenvalue weighted by Gasteiger charge is -2.25. The number of nitrogens with zero attached hydrogens (tertiary/aromatic N) is 1. The third-order valence-electron chi connectivity index (χ3n) is 3.70. The summed E-state index contributed by atoms with van der Waals surface area (Å²) in [5.74, 6) is 1.87. The number of benzene rings is 1. The molecule has 25 heavy (non-hydrogen) atoms. The first-order valence-corrected chi connectivity index (χ1v) is 8.68. The van der Waals surface area contributed by atoms with E-state index in [0.717, 1.165) is 12.1 Å². The Kier molecular flexibility index (Phi) is 10.5. The fourth-order valence-corrected chi connectivity index (χ4v) is 2.48. The van der Waals surface area contributed by atoms with Gasteiger partial charge in [-0.1, -0.05) is 19.9 Å². The zero-order valence-corrected chi connectivity index (χ0v) is 16.2. The van der Waals surface area contributed by atoms with Gasteiger partial charge in [-0.3, -0.25) is 4.90 Å². The molecule has 0 aromatic heterocycles. The minimum Gasteiger partial charge on any atom is -0.493 e. The first-order valence-electron chi connectivity index (χ1n) is 8.68. The predicted molar refractivity (Wildman–Crippen MR) is 98.4 cm³/mol. The van der Waals surface area contributed by atoms with E-state index in [1.807, 2.05) is 18.2 Å². The second kappa shape index (κ2) is 12.1. The monoisotopic (exact) mass is 355 g/mol. The average molecular weight is 355 g/mol. The van der Waals surface area contributed by atoms with Gasteiger partial charge in [-0.15, -0.1) is 0 Å². The quantitative estimate of drug-likeness (QED) is 0.585. The van der Waals surface area contributed by atoms with Crippen LogP contribution in [0.3, 0.4) is 0 Å². The van der Waals surface area contributed by atoms with Crippen LogP contribution in [0.25, 0.3) is 0 Å². The Morgan fingerprint density at radius 3 is 2.36 bits per heavy atom. The van der Waals surface area contributed by atoms with Gasteiger partial charge >= 0.3 is 0 Å². The maximum Gasteiger partial charge on any atom is 0.161 e. The smallest absolute Gasteiger partial charge is 0.161 e. The van der Waals surface area contributed by atoms with Gasteiger partial charge in [-0.05, 0) is 23.6 Å². The van der Waals surface area contributed by atoms with Crippen LogP contribution in [0, 0.1) is 5.92 Å². The molecule has 0 aliphatic carbocycles. The van der Waals surface area contributed by atoms with Gasteiger partial charge in [0, 0.05) is 33.4 Å². The first kappa shape index (κ1) is 21.7. The van der Waals surface area contributed by atoms with Crippen molar-refractivity contribution in [3.8, 4) is 11.5 Å². The van der Waals surface area contributed by atoms with Gasteiger partial charge in [-0.2, -0.15) is 0 Å². The van der Waals surface area contributed by atoms with E-state index in [-0.39, 0.29) is 0 Å². The van der Waals surface area contributed by atoms with E-state index in [2.05, 4.69) is 18.7 Å². The summed E-state index contributed by atoms with van der Waals surface area (Å²) in [6.45, 7) is 7.72. The summed E-state index contributed by atoms with van der Waals surface area (Å²) in [7, 11) is 4.92. The van der Waals surface area contributed by atoms with Gasteiger partial charge < -0.3 is 24.1 Å². The molecule has 6 nitrogen and oxygen atoms in total. The summed E-state index contributed by atoms with van der Waals surface area (Å²) < 4.78 is 21.4. The van der Waals surface area contributed by atoms with Crippen LogP contribution in [0.15, 0.2) is 18.2 Å². The SMILES string of the molecule is COCCN(Cc1ccc(OC)c(OC)c1)C[C@H](O)COCC(C)C. The van der Waals surface area contributed by atoms with Crippen LogP contribution in [0.2, 0.25) is 0 Å². The molecule has 0 bridgehead atoms. The first-order chi connectivity index (χ1) is 12.0. The Labute approximate surface area is 151 Å². The number of methoxy groups -OCH3 is 3. The highest BCUT2D eigenvalue weighted by molar-refractivity contribution is 5.42. The van der Waals surface area contributed by atoms with Crippen LogP contribution in [0.4, 0.5) is 0 Å². The predicted octanol–water partition coefficient (Wildman–Crippen LogP) is 2.19. The molecule has 144 valence electrons. The molecule has 0 saturated carbocycles. The lowest BCUT2D eigenvalue weighted by molar-refractivity contribution is 0.00335. The van der Waals surface area contributed by atoms with E-state index in [4.69, 9.17) is 18.9 Å². The van der Waals surface area contributed by atoms with Gasteiger partial charge in [0.25, 0.3) is 0 Å². The van der Waals surface area contributed by atoms with Gasteiger partial charge in [0.15, 0.2) is 11.5 Å². The number of rotatable bonds is 13. The normalized spacial score (nSPS) is 12.6. The molecule has 0 amide bonds. The lowest BCUT2D eigenvalue weighted by Crippen LogP contribution is -2.36. The molecule has 0 saturated heterocycles. The molecule has 6 heteroatoms. The van der Waals surface area contributed by atoms with Crippen LogP contribution in [-0.2, 0) is 16.0 Å². The Hall–Kier alpha value is -1.34. The standard InChI is InChI=1S/C19H33NO5/c1-15(2)13-25-14-17(21)12-20(8-9-22-3)11-16-6-7-18(23-4)19(10-16)24-5/h6-7,10,15,17,21H,8-9,11-14H2,1-5H3/t17-/m0/s1. The fraction of sp³-hybridized carbons (Fsp3) is 0.684. The summed E-state index contributed by atoms with van der Waals surface area (Å²) in [5, 5.41) is 10.2. The lowest BCUT2D eigenvalue weighted by atomic mass is 10.1. The van der Waals surface area contributed by atoms with Crippen molar-refractivity contribution in [3.05, 3.63) is 23.8 Å². The topological polar surface area (TPSA) is 60.4 Å². The summed E-state index contributed by atoms with van der Waals surface area (Å²) >= 11 is 0. The fourth-order valence-electron chi connectivity index (χ4n) is 2.48. The molecule has 0 unspecified atom stereocenters. The van der Waals surface area contributed by atoms with Crippen molar-refractivity contribution in [1.82, 2.24) is 4.90 Å². The maximum absolute atomic E-state index is 10.2. The Balaban J connectivity index is 2.65. The number of aliphatic hydroxyl groups is 1. The van der Waals surface area contributed by atoms with Gasteiger partial charge in [-0.25, -0.2) is 0 Å². The molecule has 1 aromatic rings. The van der Waals surface area contributed by atoms with Crippen LogP contribution in [-0.4, -0.2) is 70.3 Å². The summed E-state index contributed by atoms with van der Waals surface area (Å²) in [5.41, 5.74) is 1.09. The van der Waals surface area contributed by atoms with E-state index in [1.165, 1.54) is 0 Å². The molecule has 0 heterocycles. The second-order valence-electron chi connectivity index (χ2n) is 6.50. The van der Waals surface area contributed by atoms with Crippen molar-refractivity contribution in [1.29, 1.82) is 0 Å². The van der Waals surface area contributed by atoms with Gasteiger partial charge in [0.05, 0.1) is 33.5 Å². The number of hydrogen-bond acceptors (Lipinski definition) is 6. The molecule has 0 radical (unpaired) electrons. The molecule has 0 aliphatic heterocycles. The van der Waals surface area contributed by atoms with E-state index >= 15 is 0 Å². The van der Waals surface area contributed by atoms with Crippen molar-refractivity contribution in [3.63, 3.8) is 0 Å². The Morgan fingerprint density at radius 2 is 1.76 bits per heavy atom. The van der Waals surface area contributed by atoms with Crippen LogP contribution in [0.1, 0.15) is 19.4 Å². The number of ether oxygens (including phenoxy) is 4. The van der Waals surface area contributed by atoms with Crippen molar-refractivity contribution < 1.29 is 24.1 Å². The third kappa shape index (κ3) is 8.54. The molecule has 0 aliphatic rings. The molecule has 0 fully saturated rings. The molecule has 0 spiro atoms. The minimum atomic E-state index is -0.532. The van der Waals surface area contributed by atoms with Crippen LogP contribution >= 0.6 is 0 Å². The molecule has 1 atom stereocenters. The Morgan fingerprint density at radius 1 is 1.04 bits per heavy atom. The molecular weight excluding hydrogens is 322 g/mol. The molecule has 1 rings (SSSR count). The van der Waals surface area contributed by atoms with E-state index < -0.39 is 6.10 Å². The zero-order valence-electron chi connectivity index (χ0n) is 16.2. The summed E-state index contributed by atoms with van der Waals surface area (Å²) in [4.78, 5) is 2.15. The average Bonchev–Trinajstić information content (AvgIpc) is 2.59. The van der Waals surface area contributed by atoms with Gasteiger partial charge in [0.1, 0.15) is 0 Å². The van der Waals surface area contributed by atoms with Gasteiger partial charge in [0.2, 0.25) is 0 Å². The summed E-state index contributed by atoms with van der Waals surface area (Å²) in [6, 6.07) is 5.86. The van der Waals surface area contributed by atoms with E-state index in [9.17, 15) is 5.11 Å². The molecule has 1 aromatic carbocycles. The number of hydrogen-bond donors (Lipinski definition) is 1. The second-order valence-corrected chi connectivity index (χ2v) is 6.50.